The van der Waals surface area contributed by atoms with Crippen molar-refractivity contribution in [3.05, 3.63) is 28.5 Å². The van der Waals surface area contributed by atoms with Crippen LogP contribution >= 0.6 is 11.6 Å². The summed E-state index contributed by atoms with van der Waals surface area (Å²) in [6.07, 6.45) is 2.33. The Morgan fingerprint density at radius 1 is 1.61 bits per heavy atom. The highest BCUT2D eigenvalue weighted by molar-refractivity contribution is 6.31. The van der Waals surface area contributed by atoms with Crippen molar-refractivity contribution in [2.75, 3.05) is 13.1 Å². The smallest absolute Gasteiger partial charge is 0.411 e. The van der Waals surface area contributed by atoms with E-state index in [9.17, 15) is 4.79 Å². The number of carbonyl (C=O) groups is 1. The Morgan fingerprint density at radius 3 is 2.91 bits per heavy atom. The van der Waals surface area contributed by atoms with Crippen LogP contribution in [0.3, 0.4) is 0 Å². The van der Waals surface area contributed by atoms with Crippen LogP contribution < -0.4 is 11.1 Å². The van der Waals surface area contributed by atoms with Gasteiger partial charge >= 0.3 is 6.09 Å². The molecule has 3 rings (SSSR count). The molecule has 7 heteroatoms. The molecular formula is C16H23ClN4O2. The summed E-state index contributed by atoms with van der Waals surface area (Å²) in [4.78, 5) is 18.8. The van der Waals surface area contributed by atoms with Crippen LogP contribution in [0.15, 0.2) is 12.3 Å². The van der Waals surface area contributed by atoms with E-state index in [1.54, 1.807) is 6.20 Å². The van der Waals surface area contributed by atoms with E-state index in [2.05, 4.69) is 10.3 Å². The minimum atomic E-state index is -0.521. The van der Waals surface area contributed by atoms with Crippen molar-refractivity contribution in [2.45, 2.75) is 50.9 Å². The summed E-state index contributed by atoms with van der Waals surface area (Å²) in [7, 11) is 0. The number of pyridine rings is 1. The van der Waals surface area contributed by atoms with E-state index in [1.165, 1.54) is 0 Å². The molecule has 3 N–H and O–H groups in total. The average molecular weight is 339 g/mol. The standard InChI is InChI=1S/C16H23ClN4O2/c1-15(2,3)23-14(22)21-8-11-5-16(21,9-20-11)10-4-12(17)13(6-18)19-7-10/h4,7,11,20H,5-6,8-9,18H2,1-3H3. The molecule has 3 heterocycles. The first-order valence-electron chi connectivity index (χ1n) is 7.84. The van der Waals surface area contributed by atoms with E-state index in [0.717, 1.165) is 12.0 Å². The highest BCUT2D eigenvalue weighted by atomic mass is 35.5. The number of nitrogens with two attached hydrogens (primary N) is 1. The first-order chi connectivity index (χ1) is 10.7. The van der Waals surface area contributed by atoms with Crippen molar-refractivity contribution in [1.29, 1.82) is 0 Å². The molecular weight excluding hydrogens is 316 g/mol. The molecule has 2 bridgehead atoms. The normalized spacial score (nSPS) is 26.7. The lowest BCUT2D eigenvalue weighted by Crippen LogP contribution is -2.54. The molecule has 2 unspecified atom stereocenters. The fourth-order valence-electron chi connectivity index (χ4n) is 3.41. The Kier molecular flexibility index (Phi) is 4.02. The van der Waals surface area contributed by atoms with Gasteiger partial charge < -0.3 is 15.8 Å². The van der Waals surface area contributed by atoms with Gasteiger partial charge in [-0.15, -0.1) is 0 Å². The Labute approximate surface area is 141 Å². The van der Waals surface area contributed by atoms with Crippen molar-refractivity contribution in [2.24, 2.45) is 5.73 Å². The Hall–Kier alpha value is -1.37. The van der Waals surface area contributed by atoms with Crippen LogP contribution in [0, 0.1) is 0 Å². The zero-order valence-electron chi connectivity index (χ0n) is 13.7. The third-order valence-corrected chi connectivity index (χ3v) is 4.78. The van der Waals surface area contributed by atoms with E-state index in [0.29, 0.717) is 30.4 Å². The molecule has 1 amide bonds. The summed E-state index contributed by atoms with van der Waals surface area (Å²) >= 11 is 6.28. The van der Waals surface area contributed by atoms with Crippen LogP contribution in [-0.4, -0.2) is 40.7 Å². The molecule has 0 spiro atoms. The van der Waals surface area contributed by atoms with Crippen LogP contribution in [0.1, 0.15) is 38.4 Å². The summed E-state index contributed by atoms with van der Waals surface area (Å²) in [5.41, 5.74) is 6.25. The van der Waals surface area contributed by atoms with Crippen molar-refractivity contribution in [1.82, 2.24) is 15.2 Å². The van der Waals surface area contributed by atoms with E-state index in [1.807, 2.05) is 31.7 Å². The molecule has 1 aromatic heterocycles. The second kappa shape index (κ2) is 5.61. The highest BCUT2D eigenvalue weighted by Crippen LogP contribution is 2.44. The second-order valence-corrected chi connectivity index (χ2v) is 7.67. The van der Waals surface area contributed by atoms with Gasteiger partial charge in [0.2, 0.25) is 0 Å². The summed E-state index contributed by atoms with van der Waals surface area (Å²) < 4.78 is 5.58. The fourth-order valence-corrected chi connectivity index (χ4v) is 3.65. The molecule has 2 aliphatic heterocycles. The van der Waals surface area contributed by atoms with Gasteiger partial charge in [-0.05, 0) is 38.8 Å². The van der Waals surface area contributed by atoms with Gasteiger partial charge in [-0.1, -0.05) is 11.6 Å². The summed E-state index contributed by atoms with van der Waals surface area (Å²) in [6.45, 7) is 7.22. The third kappa shape index (κ3) is 2.91. The number of hydrogen-bond donors (Lipinski definition) is 2. The monoisotopic (exact) mass is 338 g/mol. The first-order valence-corrected chi connectivity index (χ1v) is 8.22. The molecule has 126 valence electrons. The van der Waals surface area contributed by atoms with Crippen molar-refractivity contribution < 1.29 is 9.53 Å². The van der Waals surface area contributed by atoms with Gasteiger partial charge in [0, 0.05) is 31.9 Å². The predicted octanol–water partition coefficient (Wildman–Crippen LogP) is 2.00. The van der Waals surface area contributed by atoms with E-state index in [4.69, 9.17) is 22.1 Å². The molecule has 2 saturated heterocycles. The van der Waals surface area contributed by atoms with Gasteiger partial charge in [-0.25, -0.2) is 4.79 Å². The van der Waals surface area contributed by atoms with E-state index in [-0.39, 0.29) is 12.1 Å². The number of piperazine rings is 1. The quantitative estimate of drug-likeness (QED) is 0.862. The van der Waals surface area contributed by atoms with Crippen molar-refractivity contribution in [3.63, 3.8) is 0 Å². The van der Waals surface area contributed by atoms with Crippen molar-refractivity contribution >= 4 is 17.7 Å². The SMILES string of the molecule is CC(C)(C)OC(=O)N1CC2CC1(c1cnc(CN)c(Cl)c1)CN2. The van der Waals surface area contributed by atoms with Gasteiger partial charge in [0.25, 0.3) is 0 Å². The van der Waals surface area contributed by atoms with E-state index >= 15 is 0 Å². The van der Waals surface area contributed by atoms with Crippen LogP contribution in [0.2, 0.25) is 5.02 Å². The number of rotatable bonds is 2. The molecule has 0 saturated carbocycles. The average Bonchev–Trinajstić information content (AvgIpc) is 3.04. The zero-order valence-corrected chi connectivity index (χ0v) is 14.5. The predicted molar refractivity (Wildman–Crippen MR) is 88.2 cm³/mol. The van der Waals surface area contributed by atoms with Crippen LogP contribution in [-0.2, 0) is 16.8 Å². The maximum absolute atomic E-state index is 12.6. The lowest BCUT2D eigenvalue weighted by molar-refractivity contribution is 0.00453. The van der Waals surface area contributed by atoms with Crippen LogP contribution in [0.5, 0.6) is 0 Å². The molecule has 0 aliphatic carbocycles. The van der Waals surface area contributed by atoms with Crippen LogP contribution in [0.4, 0.5) is 4.79 Å². The van der Waals surface area contributed by atoms with Gasteiger partial charge in [-0.2, -0.15) is 0 Å². The Balaban J connectivity index is 1.94. The molecule has 0 aromatic carbocycles. The number of fused-ring (bicyclic) bond motifs is 2. The van der Waals surface area contributed by atoms with E-state index < -0.39 is 11.1 Å². The maximum Gasteiger partial charge on any atom is 0.411 e. The number of aromatic nitrogens is 1. The largest absolute Gasteiger partial charge is 0.444 e. The number of likely N-dealkylation sites (tertiary alicyclic amines) is 1. The van der Waals surface area contributed by atoms with Gasteiger partial charge in [-0.3, -0.25) is 9.88 Å². The lowest BCUT2D eigenvalue weighted by Gasteiger charge is -2.39. The minimum absolute atomic E-state index is 0.274. The summed E-state index contributed by atoms with van der Waals surface area (Å²) in [5.74, 6) is 0. The fraction of sp³-hybridized carbons (Fsp3) is 0.625. The molecule has 2 aliphatic rings. The number of carbonyl (C=O) groups excluding carboxylic acids is 1. The number of ether oxygens (including phenoxy) is 1. The van der Waals surface area contributed by atoms with Gasteiger partial charge in [0.15, 0.2) is 0 Å². The topological polar surface area (TPSA) is 80.5 Å². The van der Waals surface area contributed by atoms with Crippen molar-refractivity contribution in [3.8, 4) is 0 Å². The number of nitrogens with zero attached hydrogens (tertiary/aromatic N) is 2. The molecule has 6 nitrogen and oxygen atoms in total. The molecule has 1 aromatic rings. The lowest BCUT2D eigenvalue weighted by atomic mass is 9.90. The molecule has 2 atom stereocenters. The third-order valence-electron chi connectivity index (χ3n) is 4.45. The minimum Gasteiger partial charge on any atom is -0.444 e. The zero-order chi connectivity index (χ0) is 16.8. The van der Waals surface area contributed by atoms with Gasteiger partial charge in [0.05, 0.1) is 16.3 Å². The summed E-state index contributed by atoms with van der Waals surface area (Å²) in [6, 6.07) is 2.15. The first kappa shape index (κ1) is 16.5. The highest BCUT2D eigenvalue weighted by Gasteiger charge is 2.55. The number of hydrogen-bond acceptors (Lipinski definition) is 5. The second-order valence-electron chi connectivity index (χ2n) is 7.26. The Morgan fingerprint density at radius 2 is 2.35 bits per heavy atom. The number of amides is 1. The van der Waals surface area contributed by atoms with Crippen LogP contribution in [0.25, 0.3) is 0 Å². The maximum atomic E-state index is 12.6. The molecule has 2 fully saturated rings. The molecule has 23 heavy (non-hydrogen) atoms. The molecule has 0 radical (unpaired) electrons. The Bertz CT molecular complexity index is 631. The summed E-state index contributed by atoms with van der Waals surface area (Å²) in [5, 5.41) is 3.99. The number of halogens is 1. The van der Waals surface area contributed by atoms with Gasteiger partial charge in [0.1, 0.15) is 5.60 Å². The number of nitrogens with one attached hydrogen (secondary N) is 1.